The van der Waals surface area contributed by atoms with Gasteiger partial charge in [-0.3, -0.25) is 14.5 Å². The van der Waals surface area contributed by atoms with Crippen molar-refractivity contribution >= 4 is 17.9 Å². The molecule has 26 heavy (non-hydrogen) atoms. The molecule has 0 radical (unpaired) electrons. The molecule has 3 rings (SSSR count). The number of aryl methyl sites for hydroxylation is 1. The molecule has 2 unspecified atom stereocenters. The van der Waals surface area contributed by atoms with E-state index in [1.54, 1.807) is 13.0 Å². The molecule has 142 valence electrons. The van der Waals surface area contributed by atoms with Crippen LogP contribution in [0.2, 0.25) is 0 Å². The first kappa shape index (κ1) is 18.4. The summed E-state index contributed by atoms with van der Waals surface area (Å²) in [4.78, 5) is 38.3. The smallest absolute Gasteiger partial charge is 0.326 e. The van der Waals surface area contributed by atoms with Gasteiger partial charge in [-0.2, -0.15) is 0 Å². The van der Waals surface area contributed by atoms with Crippen LogP contribution >= 0.6 is 0 Å². The van der Waals surface area contributed by atoms with E-state index in [1.165, 1.54) is 0 Å². The lowest BCUT2D eigenvalue weighted by atomic mass is 9.64. The lowest BCUT2D eigenvalue weighted by Gasteiger charge is -2.43. The Kier molecular flexibility index (Phi) is 4.54. The van der Waals surface area contributed by atoms with Crippen molar-refractivity contribution in [3.63, 3.8) is 0 Å². The minimum absolute atomic E-state index is 0.0543. The number of hydrogen-bond donors (Lipinski definition) is 1. The van der Waals surface area contributed by atoms with Crippen LogP contribution < -0.4 is 5.32 Å². The molecule has 8 heteroatoms. The highest BCUT2D eigenvalue weighted by atomic mass is 16.5. The number of hydrogen-bond acceptors (Lipinski definition) is 6. The van der Waals surface area contributed by atoms with E-state index in [0.29, 0.717) is 30.2 Å². The number of rotatable bonds is 4. The molecule has 8 nitrogen and oxygen atoms in total. The van der Waals surface area contributed by atoms with Crippen molar-refractivity contribution < 1.29 is 23.6 Å². The molecule has 1 aromatic heterocycles. The molecule has 1 aliphatic heterocycles. The molecule has 1 saturated heterocycles. The summed E-state index contributed by atoms with van der Waals surface area (Å²) >= 11 is 0. The summed E-state index contributed by atoms with van der Waals surface area (Å²) in [5.74, 6) is -0.283. The second-order valence-electron chi connectivity index (χ2n) is 8.35. The predicted molar refractivity (Wildman–Crippen MR) is 90.8 cm³/mol. The largest absolute Gasteiger partial charge is 0.456 e. The molecular weight excluding hydrogens is 338 g/mol. The van der Waals surface area contributed by atoms with E-state index in [0.717, 1.165) is 11.3 Å². The molecule has 0 bridgehead atoms. The molecule has 2 heterocycles. The summed E-state index contributed by atoms with van der Waals surface area (Å²) < 4.78 is 10.1. The fourth-order valence-electron chi connectivity index (χ4n) is 4.46. The van der Waals surface area contributed by atoms with Crippen LogP contribution in [-0.4, -0.2) is 40.0 Å². The van der Waals surface area contributed by atoms with Crippen molar-refractivity contribution in [2.75, 3.05) is 6.54 Å². The van der Waals surface area contributed by atoms with Crippen LogP contribution in [-0.2, 0) is 20.9 Å². The number of nitrogens with zero attached hydrogens (tertiary/aromatic N) is 2. The molecule has 1 aliphatic carbocycles. The quantitative estimate of drug-likeness (QED) is 0.650. The Bertz CT molecular complexity index is 741. The van der Waals surface area contributed by atoms with E-state index < -0.39 is 24.1 Å². The average molecular weight is 363 g/mol. The Morgan fingerprint density at radius 1 is 1.42 bits per heavy atom. The van der Waals surface area contributed by atoms with Gasteiger partial charge < -0.3 is 14.6 Å². The van der Waals surface area contributed by atoms with Gasteiger partial charge >= 0.3 is 12.0 Å². The van der Waals surface area contributed by atoms with Crippen molar-refractivity contribution in [3.05, 3.63) is 17.5 Å². The van der Waals surface area contributed by atoms with Gasteiger partial charge in [-0.05, 0) is 37.5 Å². The number of amides is 3. The van der Waals surface area contributed by atoms with Gasteiger partial charge in [0.15, 0.2) is 12.4 Å². The Morgan fingerprint density at radius 2 is 2.15 bits per heavy atom. The molecular formula is C18H25N3O5. The Labute approximate surface area is 152 Å². The van der Waals surface area contributed by atoms with Gasteiger partial charge in [0, 0.05) is 6.07 Å². The SMILES string of the molecule is Cc1cc(COC(=O)CN2C(=O)NC3(CC(C)CC(C)(C)C3)C2=O)on1. The van der Waals surface area contributed by atoms with E-state index in [9.17, 15) is 14.4 Å². The second-order valence-corrected chi connectivity index (χ2v) is 8.35. The van der Waals surface area contributed by atoms with Crippen LogP contribution in [0.5, 0.6) is 0 Å². The number of imide groups is 1. The van der Waals surface area contributed by atoms with Crippen molar-refractivity contribution in [1.82, 2.24) is 15.4 Å². The number of carbonyl (C=O) groups excluding carboxylic acids is 3. The maximum atomic E-state index is 12.9. The molecule has 1 saturated carbocycles. The van der Waals surface area contributed by atoms with Crippen molar-refractivity contribution in [2.45, 2.75) is 59.1 Å². The minimum atomic E-state index is -0.916. The van der Waals surface area contributed by atoms with Gasteiger partial charge in [-0.15, -0.1) is 0 Å². The zero-order chi connectivity index (χ0) is 19.1. The molecule has 2 fully saturated rings. The highest BCUT2D eigenvalue weighted by Gasteiger charge is 2.56. The van der Waals surface area contributed by atoms with Crippen LogP contribution in [0, 0.1) is 18.3 Å². The molecule has 2 aliphatic rings. The third-order valence-electron chi connectivity index (χ3n) is 4.96. The lowest BCUT2D eigenvalue weighted by molar-refractivity contribution is -0.150. The summed E-state index contributed by atoms with van der Waals surface area (Å²) in [5, 5.41) is 6.54. The first-order valence-electron chi connectivity index (χ1n) is 8.82. The highest BCUT2D eigenvalue weighted by molar-refractivity contribution is 6.08. The predicted octanol–water partition coefficient (Wildman–Crippen LogP) is 2.16. The van der Waals surface area contributed by atoms with E-state index in [4.69, 9.17) is 9.26 Å². The van der Waals surface area contributed by atoms with Crippen LogP contribution in [0.3, 0.4) is 0 Å². The number of ether oxygens (including phenoxy) is 1. The monoisotopic (exact) mass is 363 g/mol. The topological polar surface area (TPSA) is 102 Å². The zero-order valence-electron chi connectivity index (χ0n) is 15.6. The van der Waals surface area contributed by atoms with Crippen molar-refractivity contribution in [1.29, 1.82) is 0 Å². The third-order valence-corrected chi connectivity index (χ3v) is 4.96. The fourth-order valence-corrected chi connectivity index (χ4v) is 4.46. The molecule has 1 N–H and O–H groups in total. The van der Waals surface area contributed by atoms with E-state index in [2.05, 4.69) is 31.2 Å². The van der Waals surface area contributed by atoms with E-state index in [-0.39, 0.29) is 17.9 Å². The Hall–Kier alpha value is -2.38. The maximum absolute atomic E-state index is 12.9. The van der Waals surface area contributed by atoms with Gasteiger partial charge in [0.1, 0.15) is 12.1 Å². The number of nitrogens with one attached hydrogen (secondary N) is 1. The normalized spacial score (nSPS) is 27.7. The van der Waals surface area contributed by atoms with Crippen LogP contribution in [0.4, 0.5) is 4.79 Å². The van der Waals surface area contributed by atoms with E-state index >= 15 is 0 Å². The standard InChI is InChI=1S/C18H25N3O5/c1-11-6-17(3,4)10-18(7-11)15(23)21(16(24)19-18)8-14(22)25-9-13-5-12(2)20-26-13/h5,11H,6-10H2,1-4H3,(H,19,24). The molecule has 0 aromatic carbocycles. The minimum Gasteiger partial charge on any atom is -0.456 e. The first-order chi connectivity index (χ1) is 12.1. The maximum Gasteiger partial charge on any atom is 0.326 e. The number of esters is 1. The fraction of sp³-hybridized carbons (Fsp3) is 0.667. The average Bonchev–Trinajstić information content (AvgIpc) is 3.00. The van der Waals surface area contributed by atoms with Crippen molar-refractivity contribution in [2.24, 2.45) is 11.3 Å². The van der Waals surface area contributed by atoms with Crippen molar-refractivity contribution in [3.8, 4) is 0 Å². The molecule has 1 aromatic rings. The first-order valence-corrected chi connectivity index (χ1v) is 8.82. The number of urea groups is 1. The molecule has 3 amide bonds. The van der Waals surface area contributed by atoms with Gasteiger partial charge in [0.05, 0.1) is 5.69 Å². The summed E-state index contributed by atoms with van der Waals surface area (Å²) in [6.07, 6.45) is 2.15. The highest BCUT2D eigenvalue weighted by Crippen LogP contribution is 2.46. The van der Waals surface area contributed by atoms with Gasteiger partial charge in [0.2, 0.25) is 0 Å². The Balaban J connectivity index is 1.64. The van der Waals surface area contributed by atoms with Crippen LogP contribution in [0.1, 0.15) is 51.5 Å². The van der Waals surface area contributed by atoms with Crippen LogP contribution in [0.15, 0.2) is 10.6 Å². The summed E-state index contributed by atoms with van der Waals surface area (Å²) in [5.41, 5.74) is -0.289. The van der Waals surface area contributed by atoms with Gasteiger partial charge in [-0.25, -0.2) is 4.79 Å². The summed E-state index contributed by atoms with van der Waals surface area (Å²) in [6, 6.07) is 1.12. The summed E-state index contributed by atoms with van der Waals surface area (Å²) in [7, 11) is 0. The van der Waals surface area contributed by atoms with Crippen LogP contribution in [0.25, 0.3) is 0 Å². The molecule has 2 atom stereocenters. The zero-order valence-corrected chi connectivity index (χ0v) is 15.6. The summed E-state index contributed by atoms with van der Waals surface area (Å²) in [6.45, 7) is 7.54. The third kappa shape index (κ3) is 3.59. The Morgan fingerprint density at radius 3 is 2.77 bits per heavy atom. The number of aromatic nitrogens is 1. The second kappa shape index (κ2) is 6.41. The van der Waals surface area contributed by atoms with Gasteiger partial charge in [-0.1, -0.05) is 25.9 Å². The van der Waals surface area contributed by atoms with Gasteiger partial charge in [0.25, 0.3) is 5.91 Å². The lowest BCUT2D eigenvalue weighted by Crippen LogP contribution is -2.54. The number of carbonyl (C=O) groups is 3. The van der Waals surface area contributed by atoms with E-state index in [1.807, 2.05) is 0 Å². The molecule has 1 spiro atoms.